The number of benzene rings is 1. The number of halogens is 2. The first-order valence-electron chi connectivity index (χ1n) is 6.73. The second-order valence-electron chi connectivity index (χ2n) is 4.98. The zero-order valence-corrected chi connectivity index (χ0v) is 12.9. The van der Waals surface area contributed by atoms with Crippen LogP contribution in [0.15, 0.2) is 34.6 Å². The molecule has 0 saturated carbocycles. The number of carbonyl (C=O) groups excluding carboxylic acids is 1. The molecule has 1 aliphatic heterocycles. The third kappa shape index (κ3) is 2.77. The third-order valence-electron chi connectivity index (χ3n) is 3.55. The van der Waals surface area contributed by atoms with Crippen molar-refractivity contribution < 1.29 is 13.6 Å². The molecule has 0 saturated heterocycles. The zero-order valence-electron chi connectivity index (χ0n) is 12.9. The summed E-state index contributed by atoms with van der Waals surface area (Å²) in [6.45, 7) is 3.14. The van der Waals surface area contributed by atoms with Crippen LogP contribution in [-0.4, -0.2) is 31.0 Å². The Morgan fingerprint density at radius 3 is 2.50 bits per heavy atom. The molecule has 0 aliphatic carbocycles. The second kappa shape index (κ2) is 6.09. The first-order valence-corrected chi connectivity index (χ1v) is 6.73. The molecule has 22 heavy (non-hydrogen) atoms. The molecule has 0 fully saturated rings. The van der Waals surface area contributed by atoms with Gasteiger partial charge in [-0.3, -0.25) is 9.79 Å². The highest BCUT2D eigenvalue weighted by Gasteiger charge is 2.21. The lowest BCUT2D eigenvalue weighted by atomic mass is 10.1. The summed E-state index contributed by atoms with van der Waals surface area (Å²) in [6.07, 6.45) is 2.94. The maximum absolute atomic E-state index is 14.3. The zero-order chi connectivity index (χ0) is 16.4. The average Bonchev–Trinajstić information content (AvgIpc) is 2.47. The summed E-state index contributed by atoms with van der Waals surface area (Å²) in [4.78, 5) is 17.2. The van der Waals surface area contributed by atoms with Gasteiger partial charge in [0.15, 0.2) is 11.6 Å². The van der Waals surface area contributed by atoms with Gasteiger partial charge in [-0.05, 0) is 26.0 Å². The van der Waals surface area contributed by atoms with Gasteiger partial charge in [-0.15, -0.1) is 0 Å². The highest BCUT2D eigenvalue weighted by Crippen LogP contribution is 2.30. The van der Waals surface area contributed by atoms with Gasteiger partial charge in [0.1, 0.15) is 5.82 Å². The Hall–Kier alpha value is -2.50. The summed E-state index contributed by atoms with van der Waals surface area (Å²) in [7, 11) is 3.26. The predicted octanol–water partition coefficient (Wildman–Crippen LogP) is 3.18. The van der Waals surface area contributed by atoms with E-state index >= 15 is 0 Å². The van der Waals surface area contributed by atoms with Gasteiger partial charge >= 0.3 is 0 Å². The Labute approximate surface area is 127 Å². The minimum absolute atomic E-state index is 0.0836. The number of Topliss-reactive ketones (excluding diaryl/α,β-unsaturated/α-hetero) is 1. The number of rotatable bonds is 3. The van der Waals surface area contributed by atoms with Crippen LogP contribution in [0.4, 0.5) is 14.5 Å². The normalized spacial score (nSPS) is 16.5. The van der Waals surface area contributed by atoms with E-state index in [-0.39, 0.29) is 22.7 Å². The Morgan fingerprint density at radius 1 is 1.27 bits per heavy atom. The van der Waals surface area contributed by atoms with Gasteiger partial charge in [0.25, 0.3) is 0 Å². The molecule has 0 spiro atoms. The molecule has 1 aromatic carbocycles. The molecular weight excluding hydrogens is 288 g/mol. The largest absolute Gasteiger partial charge is 0.386 e. The highest BCUT2D eigenvalue weighted by molar-refractivity contribution is 6.00. The Morgan fingerprint density at radius 2 is 1.95 bits per heavy atom. The van der Waals surface area contributed by atoms with Gasteiger partial charge in [-0.1, -0.05) is 0 Å². The summed E-state index contributed by atoms with van der Waals surface area (Å²) in [5.74, 6) is -1.47. The molecule has 0 amide bonds. The smallest absolute Gasteiger partial charge is 0.158 e. The lowest BCUT2D eigenvalue weighted by Gasteiger charge is -2.23. The molecule has 0 unspecified atom stereocenters. The number of nitrogens with zero attached hydrogens (tertiary/aromatic N) is 2. The van der Waals surface area contributed by atoms with Gasteiger partial charge in [0.05, 0.1) is 28.9 Å². The van der Waals surface area contributed by atoms with Crippen molar-refractivity contribution in [3.8, 4) is 0 Å². The van der Waals surface area contributed by atoms with E-state index in [0.29, 0.717) is 11.3 Å². The third-order valence-corrected chi connectivity index (χ3v) is 3.55. The maximum Gasteiger partial charge on any atom is 0.158 e. The van der Waals surface area contributed by atoms with E-state index in [9.17, 15) is 13.6 Å². The molecule has 2 rings (SSSR count). The van der Waals surface area contributed by atoms with Crippen molar-refractivity contribution in [2.45, 2.75) is 13.8 Å². The monoisotopic (exact) mass is 305 g/mol. The van der Waals surface area contributed by atoms with Crippen molar-refractivity contribution in [3.05, 3.63) is 46.8 Å². The van der Waals surface area contributed by atoms with E-state index in [0.717, 1.165) is 0 Å². The van der Waals surface area contributed by atoms with Crippen LogP contribution in [0.3, 0.4) is 0 Å². The first-order chi connectivity index (χ1) is 10.4. The SMILES string of the molecule is CNc1ccc(F)c(C2=CN(C)/C(=C(\C)C(C)=O)C=N2)c1F. The Balaban J connectivity index is 2.51. The molecule has 0 aromatic heterocycles. The average molecular weight is 305 g/mol. The van der Waals surface area contributed by atoms with Crippen LogP contribution in [-0.2, 0) is 4.79 Å². The number of hydrogen-bond acceptors (Lipinski definition) is 4. The maximum atomic E-state index is 14.3. The summed E-state index contributed by atoms with van der Waals surface area (Å²) in [5.41, 5.74) is 1.29. The van der Waals surface area contributed by atoms with E-state index in [1.807, 2.05) is 0 Å². The van der Waals surface area contributed by atoms with Crippen molar-refractivity contribution >= 4 is 23.4 Å². The molecule has 1 N–H and O–H groups in total. The molecule has 1 heterocycles. The van der Waals surface area contributed by atoms with Gasteiger partial charge in [-0.25, -0.2) is 8.78 Å². The van der Waals surface area contributed by atoms with E-state index in [1.165, 1.54) is 31.5 Å². The van der Waals surface area contributed by atoms with Crippen LogP contribution in [0.5, 0.6) is 0 Å². The second-order valence-corrected chi connectivity index (χ2v) is 4.98. The topological polar surface area (TPSA) is 44.7 Å². The van der Waals surface area contributed by atoms with Crippen LogP contribution in [0.1, 0.15) is 19.4 Å². The number of hydrogen-bond donors (Lipinski definition) is 1. The fourth-order valence-corrected chi connectivity index (χ4v) is 2.16. The summed E-state index contributed by atoms with van der Waals surface area (Å²) in [6, 6.07) is 2.52. The minimum Gasteiger partial charge on any atom is -0.386 e. The van der Waals surface area contributed by atoms with Crippen molar-refractivity contribution in [1.82, 2.24) is 4.90 Å². The molecule has 0 bridgehead atoms. The van der Waals surface area contributed by atoms with E-state index in [2.05, 4.69) is 10.3 Å². The van der Waals surface area contributed by atoms with Gasteiger partial charge in [0, 0.05) is 25.9 Å². The molecule has 6 heteroatoms. The minimum atomic E-state index is -0.699. The fourth-order valence-electron chi connectivity index (χ4n) is 2.16. The van der Waals surface area contributed by atoms with E-state index in [4.69, 9.17) is 0 Å². The van der Waals surface area contributed by atoms with E-state index < -0.39 is 11.6 Å². The van der Waals surface area contributed by atoms with Crippen LogP contribution in [0, 0.1) is 11.6 Å². The standard InChI is InChI=1S/C16H17F2N3O/c1-9(10(2)22)14-7-20-13(8-21(14)4)15-11(17)5-6-12(19-3)16(15)18/h5-8,19H,1-4H3/b14-9+. The Bertz CT molecular complexity index is 720. The summed E-state index contributed by atoms with van der Waals surface area (Å²) < 4.78 is 28.3. The van der Waals surface area contributed by atoms with Gasteiger partial charge in [-0.2, -0.15) is 0 Å². The van der Waals surface area contributed by atoms with Crippen molar-refractivity contribution in [1.29, 1.82) is 0 Å². The van der Waals surface area contributed by atoms with Crippen LogP contribution < -0.4 is 5.32 Å². The number of ketones is 1. The van der Waals surface area contributed by atoms with Crippen LogP contribution in [0.2, 0.25) is 0 Å². The molecule has 1 aromatic rings. The number of aliphatic imine (C=N–C) groups is 1. The van der Waals surface area contributed by atoms with Crippen molar-refractivity contribution in [2.75, 3.05) is 19.4 Å². The molecule has 4 nitrogen and oxygen atoms in total. The van der Waals surface area contributed by atoms with E-state index in [1.54, 1.807) is 25.9 Å². The fraction of sp³-hybridized carbons (Fsp3) is 0.250. The summed E-state index contributed by atoms with van der Waals surface area (Å²) >= 11 is 0. The number of allylic oxidation sites excluding steroid dienone is 2. The number of anilines is 1. The Kier molecular flexibility index (Phi) is 4.40. The predicted molar refractivity (Wildman–Crippen MR) is 83.5 cm³/mol. The highest BCUT2D eigenvalue weighted by atomic mass is 19.1. The van der Waals surface area contributed by atoms with Crippen LogP contribution >= 0.6 is 0 Å². The lowest BCUT2D eigenvalue weighted by Crippen LogP contribution is -2.19. The molecule has 1 aliphatic rings. The molecular formula is C16H17F2N3O. The quantitative estimate of drug-likeness (QED) is 0.872. The number of nitrogens with one attached hydrogen (secondary N) is 1. The summed E-state index contributed by atoms with van der Waals surface area (Å²) in [5, 5.41) is 2.67. The van der Waals surface area contributed by atoms with Crippen molar-refractivity contribution in [3.63, 3.8) is 0 Å². The van der Waals surface area contributed by atoms with Crippen LogP contribution in [0.25, 0.3) is 5.70 Å². The van der Waals surface area contributed by atoms with Gasteiger partial charge in [0.2, 0.25) is 0 Å². The lowest BCUT2D eigenvalue weighted by molar-refractivity contribution is -0.113. The first kappa shape index (κ1) is 15.9. The van der Waals surface area contributed by atoms with Crippen molar-refractivity contribution in [2.24, 2.45) is 4.99 Å². The molecule has 0 radical (unpaired) electrons. The molecule has 116 valence electrons. The van der Waals surface area contributed by atoms with Gasteiger partial charge < -0.3 is 10.2 Å². The number of carbonyl (C=O) groups is 1. The molecule has 0 atom stereocenters.